The molecule has 0 unspecified atom stereocenters. The van der Waals surface area contributed by atoms with Crippen LogP contribution in [0.3, 0.4) is 0 Å². The fourth-order valence-electron chi connectivity index (χ4n) is 1.73. The fourth-order valence-corrected chi connectivity index (χ4v) is 1.73. The highest BCUT2D eigenvalue weighted by Crippen LogP contribution is 2.19. The third kappa shape index (κ3) is 4.13. The van der Waals surface area contributed by atoms with Crippen LogP contribution in [0, 0.1) is 0 Å². The molecule has 0 bridgehead atoms. The van der Waals surface area contributed by atoms with Crippen LogP contribution in [-0.4, -0.2) is 55.9 Å². The average Bonchev–Trinajstić information content (AvgIpc) is 2.51. The quantitative estimate of drug-likeness (QED) is 0.621. The molecule has 9 nitrogen and oxygen atoms in total. The zero-order chi connectivity index (χ0) is 15.8. The fraction of sp³-hybridized carbons (Fsp3) is 0.750. The monoisotopic (exact) mass is 300 g/mol. The van der Waals surface area contributed by atoms with Crippen LogP contribution in [0.15, 0.2) is 0 Å². The second-order valence-electron chi connectivity index (χ2n) is 3.87. The molecule has 0 saturated carbocycles. The molecule has 0 aliphatic carbocycles. The van der Waals surface area contributed by atoms with Crippen LogP contribution in [0.25, 0.3) is 0 Å². The third-order valence-corrected chi connectivity index (χ3v) is 2.79. The predicted octanol–water partition coefficient (Wildman–Crippen LogP) is 1.03. The summed E-state index contributed by atoms with van der Waals surface area (Å²) < 4.78 is 0. The molecule has 1 aromatic rings. The molecule has 0 aromatic carbocycles. The molecule has 120 valence electrons. The van der Waals surface area contributed by atoms with Crippen molar-refractivity contribution in [1.29, 1.82) is 0 Å². The molecular formula is C12H24N6O3. The van der Waals surface area contributed by atoms with Gasteiger partial charge in [-0.05, 0) is 20.8 Å². The summed E-state index contributed by atoms with van der Waals surface area (Å²) in [7, 11) is 4.69. The van der Waals surface area contributed by atoms with Crippen LogP contribution in [-0.2, 0) is 14.5 Å². The average molecular weight is 300 g/mol. The van der Waals surface area contributed by atoms with Gasteiger partial charge in [-0.25, -0.2) is 15.2 Å². The van der Waals surface area contributed by atoms with E-state index in [1.54, 1.807) is 36.5 Å². The maximum atomic E-state index is 5.25. The smallest absolute Gasteiger partial charge is 0.256 e. The molecule has 0 saturated heterocycles. The van der Waals surface area contributed by atoms with Crippen molar-refractivity contribution in [2.75, 3.05) is 56.2 Å². The Morgan fingerprint density at radius 1 is 0.619 bits per heavy atom. The number of aromatic nitrogens is 3. The van der Waals surface area contributed by atoms with E-state index in [9.17, 15) is 0 Å². The first kappa shape index (κ1) is 17.3. The Morgan fingerprint density at radius 2 is 0.857 bits per heavy atom. The number of nitrogens with zero attached hydrogens (tertiary/aromatic N) is 6. The van der Waals surface area contributed by atoms with E-state index in [-0.39, 0.29) is 0 Å². The van der Waals surface area contributed by atoms with Crippen LogP contribution in [0.1, 0.15) is 20.8 Å². The van der Waals surface area contributed by atoms with Crippen molar-refractivity contribution in [3.05, 3.63) is 0 Å². The van der Waals surface area contributed by atoms with Crippen molar-refractivity contribution in [1.82, 2.24) is 15.0 Å². The summed E-state index contributed by atoms with van der Waals surface area (Å²) in [6.07, 6.45) is 0. The number of hydrogen-bond donors (Lipinski definition) is 0. The first-order valence-corrected chi connectivity index (χ1v) is 6.85. The van der Waals surface area contributed by atoms with E-state index in [1.807, 2.05) is 20.8 Å². The molecule has 1 heterocycles. The van der Waals surface area contributed by atoms with Gasteiger partial charge in [0.25, 0.3) is 17.8 Å². The molecule has 0 fully saturated rings. The van der Waals surface area contributed by atoms with Gasteiger partial charge in [-0.1, -0.05) is 0 Å². The minimum atomic E-state index is 0.394. The Hall–Kier alpha value is -1.71. The molecule has 0 aliphatic heterocycles. The molecule has 0 atom stereocenters. The van der Waals surface area contributed by atoms with Crippen LogP contribution >= 0.6 is 0 Å². The first-order chi connectivity index (χ1) is 10.1. The molecule has 0 aliphatic rings. The highest BCUT2D eigenvalue weighted by molar-refractivity contribution is 5.43. The molecule has 0 N–H and O–H groups in total. The zero-order valence-electron chi connectivity index (χ0n) is 13.5. The van der Waals surface area contributed by atoms with Crippen LogP contribution < -0.4 is 15.2 Å². The minimum absolute atomic E-state index is 0.394. The molecule has 0 radical (unpaired) electrons. The van der Waals surface area contributed by atoms with Crippen molar-refractivity contribution < 1.29 is 14.5 Å². The van der Waals surface area contributed by atoms with E-state index in [2.05, 4.69) is 15.0 Å². The lowest BCUT2D eigenvalue weighted by Gasteiger charge is -2.24. The molecule has 1 aromatic heterocycles. The van der Waals surface area contributed by atoms with Gasteiger partial charge in [-0.3, -0.25) is 14.5 Å². The number of rotatable bonds is 9. The van der Waals surface area contributed by atoms with Gasteiger partial charge < -0.3 is 0 Å². The van der Waals surface area contributed by atoms with Gasteiger partial charge in [0.15, 0.2) is 0 Å². The maximum Gasteiger partial charge on any atom is 0.256 e. The lowest BCUT2D eigenvalue weighted by molar-refractivity contribution is 0.153. The number of anilines is 3. The summed E-state index contributed by atoms with van der Waals surface area (Å²) in [6.45, 7) is 7.60. The molecule has 1 rings (SSSR count). The van der Waals surface area contributed by atoms with Gasteiger partial charge in [-0.2, -0.15) is 15.0 Å². The lowest BCUT2D eigenvalue weighted by atomic mass is 10.6. The largest absolute Gasteiger partial charge is 0.274 e. The second kappa shape index (κ2) is 8.55. The van der Waals surface area contributed by atoms with Crippen LogP contribution in [0.2, 0.25) is 0 Å². The topological polar surface area (TPSA) is 76.1 Å². The van der Waals surface area contributed by atoms with Crippen molar-refractivity contribution in [3.8, 4) is 0 Å². The predicted molar refractivity (Wildman–Crippen MR) is 79.9 cm³/mol. The van der Waals surface area contributed by atoms with Crippen LogP contribution in [0.4, 0.5) is 17.8 Å². The molecular weight excluding hydrogens is 276 g/mol. The van der Waals surface area contributed by atoms with E-state index in [0.717, 1.165) is 0 Å². The summed E-state index contributed by atoms with van der Waals surface area (Å²) >= 11 is 0. The Balaban J connectivity index is 3.30. The van der Waals surface area contributed by atoms with Crippen molar-refractivity contribution in [2.24, 2.45) is 0 Å². The Labute approximate surface area is 125 Å². The van der Waals surface area contributed by atoms with Crippen molar-refractivity contribution in [2.45, 2.75) is 20.8 Å². The molecule has 9 heteroatoms. The molecule has 0 amide bonds. The van der Waals surface area contributed by atoms with Crippen molar-refractivity contribution in [3.63, 3.8) is 0 Å². The van der Waals surface area contributed by atoms with E-state index in [4.69, 9.17) is 14.5 Å². The Kier molecular flexibility index (Phi) is 7.06. The van der Waals surface area contributed by atoms with E-state index < -0.39 is 0 Å². The van der Waals surface area contributed by atoms with E-state index in [1.165, 1.54) is 0 Å². The van der Waals surface area contributed by atoms with Gasteiger partial charge in [0.2, 0.25) is 0 Å². The van der Waals surface area contributed by atoms with Gasteiger partial charge in [0.05, 0.1) is 21.3 Å². The van der Waals surface area contributed by atoms with Gasteiger partial charge in [0, 0.05) is 19.6 Å². The summed E-state index contributed by atoms with van der Waals surface area (Å²) in [5.74, 6) is 1.18. The van der Waals surface area contributed by atoms with Gasteiger partial charge >= 0.3 is 0 Å². The highest BCUT2D eigenvalue weighted by atomic mass is 16.7. The summed E-state index contributed by atoms with van der Waals surface area (Å²) in [5, 5.41) is 4.67. The maximum absolute atomic E-state index is 5.25. The Bertz CT molecular complexity index is 347. The summed E-state index contributed by atoms with van der Waals surface area (Å²) in [5.41, 5.74) is 0. The summed E-state index contributed by atoms with van der Waals surface area (Å²) in [4.78, 5) is 28.9. The van der Waals surface area contributed by atoms with Gasteiger partial charge in [0.1, 0.15) is 0 Å². The van der Waals surface area contributed by atoms with E-state index in [0.29, 0.717) is 37.5 Å². The molecule has 21 heavy (non-hydrogen) atoms. The van der Waals surface area contributed by atoms with E-state index >= 15 is 0 Å². The van der Waals surface area contributed by atoms with Crippen molar-refractivity contribution >= 4 is 17.8 Å². The standard InChI is InChI=1S/C12H24N6O3/c1-7-16(19-4)10-13-11(17(8-2)20-5)15-12(14-10)18(9-3)21-6/h7-9H2,1-6H3. The third-order valence-electron chi connectivity index (χ3n) is 2.79. The summed E-state index contributed by atoms with van der Waals surface area (Å²) in [6, 6.07) is 0. The van der Waals surface area contributed by atoms with Crippen LogP contribution in [0.5, 0.6) is 0 Å². The number of hydrogen-bond acceptors (Lipinski definition) is 9. The SMILES string of the molecule is CCN(OC)c1nc(N(CC)OC)nc(N(CC)OC)n1. The highest BCUT2D eigenvalue weighted by Gasteiger charge is 2.18. The van der Waals surface area contributed by atoms with Gasteiger partial charge in [-0.15, -0.1) is 0 Å². The number of hydroxylamine groups is 3. The normalized spacial score (nSPS) is 10.6. The zero-order valence-corrected chi connectivity index (χ0v) is 13.5. The minimum Gasteiger partial charge on any atom is -0.274 e. The first-order valence-electron chi connectivity index (χ1n) is 6.85. The second-order valence-corrected chi connectivity index (χ2v) is 3.87. The lowest BCUT2D eigenvalue weighted by Crippen LogP contribution is -2.30. The Morgan fingerprint density at radius 3 is 1.00 bits per heavy atom. The molecule has 0 spiro atoms.